The zero-order valence-electron chi connectivity index (χ0n) is 19.3. The Labute approximate surface area is 198 Å². The zero-order chi connectivity index (χ0) is 24.2. The number of ether oxygens (including phenoxy) is 1. The summed E-state index contributed by atoms with van der Waals surface area (Å²) in [7, 11) is 1.57. The highest BCUT2D eigenvalue weighted by atomic mass is 16.5. The highest BCUT2D eigenvalue weighted by Crippen LogP contribution is 2.43. The number of nitrogens with one attached hydrogen (secondary N) is 1. The van der Waals surface area contributed by atoms with E-state index in [1.54, 1.807) is 62.6 Å². The second-order valence-electron chi connectivity index (χ2n) is 8.17. The molecular formula is C28H26N2O4. The molecule has 0 spiro atoms. The Morgan fingerprint density at radius 3 is 2.03 bits per heavy atom. The molecule has 1 aliphatic rings. The van der Waals surface area contributed by atoms with Gasteiger partial charge in [0.25, 0.3) is 5.91 Å². The van der Waals surface area contributed by atoms with Gasteiger partial charge in [-0.25, -0.2) is 0 Å². The molecule has 0 bridgehead atoms. The highest BCUT2D eigenvalue weighted by Gasteiger charge is 2.46. The second kappa shape index (κ2) is 9.75. The monoisotopic (exact) mass is 454 g/mol. The van der Waals surface area contributed by atoms with Crippen molar-refractivity contribution in [1.82, 2.24) is 0 Å². The number of allylic oxidation sites excluding steroid dienone is 1. The fraction of sp³-hybridized carbons (Fsp3) is 0.179. The fourth-order valence-corrected chi connectivity index (χ4v) is 4.46. The first-order valence-corrected chi connectivity index (χ1v) is 11.0. The number of rotatable bonds is 6. The lowest BCUT2D eigenvalue weighted by Crippen LogP contribution is -2.48. The summed E-state index contributed by atoms with van der Waals surface area (Å²) in [5.41, 5.74) is 2.79. The first-order chi connectivity index (χ1) is 16.4. The number of hydrogen-bond donors (Lipinski definition) is 1. The van der Waals surface area contributed by atoms with Crippen LogP contribution in [0.15, 0.2) is 96.2 Å². The van der Waals surface area contributed by atoms with Gasteiger partial charge >= 0.3 is 0 Å². The maximum absolute atomic E-state index is 13.7. The van der Waals surface area contributed by atoms with Gasteiger partial charge in [0.1, 0.15) is 17.5 Å². The van der Waals surface area contributed by atoms with Gasteiger partial charge in [-0.1, -0.05) is 48.5 Å². The number of Topliss-reactive ketones (excluding diaryl/α,β-unsaturated/α-hetero) is 1. The van der Waals surface area contributed by atoms with Crippen LogP contribution >= 0.6 is 0 Å². The van der Waals surface area contributed by atoms with Gasteiger partial charge in [-0.15, -0.1) is 0 Å². The maximum atomic E-state index is 13.7. The molecule has 4 rings (SSSR count). The highest BCUT2D eigenvalue weighted by molar-refractivity contribution is 6.16. The molecule has 0 unspecified atom stereocenters. The number of nitrogens with zero attached hydrogens (tertiary/aromatic N) is 1. The average Bonchev–Trinajstić information content (AvgIpc) is 2.84. The van der Waals surface area contributed by atoms with Gasteiger partial charge in [-0.05, 0) is 55.8 Å². The van der Waals surface area contributed by atoms with E-state index < -0.39 is 11.8 Å². The van der Waals surface area contributed by atoms with Gasteiger partial charge in [0.05, 0.1) is 7.11 Å². The van der Waals surface area contributed by atoms with Crippen molar-refractivity contribution >= 4 is 29.0 Å². The Bertz CT molecular complexity index is 1230. The van der Waals surface area contributed by atoms with Gasteiger partial charge in [0.15, 0.2) is 0 Å². The van der Waals surface area contributed by atoms with Crippen LogP contribution < -0.4 is 15.0 Å². The first-order valence-electron chi connectivity index (χ1n) is 11.0. The number of methoxy groups -OCH3 is 1. The maximum Gasteiger partial charge on any atom is 0.254 e. The molecule has 6 nitrogen and oxygen atoms in total. The van der Waals surface area contributed by atoms with E-state index in [0.717, 1.165) is 0 Å². The summed E-state index contributed by atoms with van der Waals surface area (Å²) in [6.45, 7) is 3.15. The molecule has 1 N–H and O–H groups in total. The molecular weight excluding hydrogens is 428 g/mol. The van der Waals surface area contributed by atoms with E-state index in [2.05, 4.69) is 5.32 Å². The molecule has 0 fully saturated rings. The van der Waals surface area contributed by atoms with Crippen LogP contribution in [0.3, 0.4) is 0 Å². The van der Waals surface area contributed by atoms with Gasteiger partial charge in [-0.3, -0.25) is 19.3 Å². The van der Waals surface area contributed by atoms with Crippen molar-refractivity contribution in [1.29, 1.82) is 0 Å². The third-order valence-electron chi connectivity index (χ3n) is 6.06. The number of amides is 2. The second-order valence-corrected chi connectivity index (χ2v) is 8.17. The quantitative estimate of drug-likeness (QED) is 0.535. The zero-order valence-corrected chi connectivity index (χ0v) is 19.3. The predicted octanol–water partition coefficient (Wildman–Crippen LogP) is 4.94. The van der Waals surface area contributed by atoms with Crippen LogP contribution in [-0.2, 0) is 14.4 Å². The molecule has 0 aromatic heterocycles. The Hall–Kier alpha value is -4.19. The standard InChI is InChI=1S/C28H26N2O4/c1-18-24(27(32)29-21-10-6-4-7-11-21)26(20-14-16-23(34-3)17-15-20)25(19(2)31)28(33)30(18)22-12-8-5-9-13-22/h4-17,25-26H,1-3H3,(H,29,32)/t25-,26+/m1/s1. The van der Waals surface area contributed by atoms with Crippen molar-refractivity contribution in [3.63, 3.8) is 0 Å². The Morgan fingerprint density at radius 2 is 1.47 bits per heavy atom. The largest absolute Gasteiger partial charge is 0.497 e. The van der Waals surface area contributed by atoms with E-state index in [0.29, 0.717) is 34.0 Å². The smallest absolute Gasteiger partial charge is 0.254 e. The summed E-state index contributed by atoms with van der Waals surface area (Å²) in [5, 5.41) is 2.94. The van der Waals surface area contributed by atoms with E-state index in [4.69, 9.17) is 4.74 Å². The molecule has 1 heterocycles. The van der Waals surface area contributed by atoms with Crippen LogP contribution in [0.5, 0.6) is 5.75 Å². The third kappa shape index (κ3) is 4.35. The average molecular weight is 455 g/mol. The Morgan fingerprint density at radius 1 is 0.882 bits per heavy atom. The van der Waals surface area contributed by atoms with Crippen molar-refractivity contribution < 1.29 is 19.1 Å². The third-order valence-corrected chi connectivity index (χ3v) is 6.06. The van der Waals surface area contributed by atoms with E-state index in [1.807, 2.05) is 36.4 Å². The number of para-hydroxylation sites is 2. The first kappa shape index (κ1) is 23.0. The van der Waals surface area contributed by atoms with Crippen molar-refractivity contribution in [3.05, 3.63) is 102 Å². The molecule has 0 saturated carbocycles. The number of anilines is 2. The van der Waals surface area contributed by atoms with Crippen molar-refractivity contribution in [3.8, 4) is 5.75 Å². The molecule has 6 heteroatoms. The van der Waals surface area contributed by atoms with Gasteiger partial charge in [-0.2, -0.15) is 0 Å². The lowest BCUT2D eigenvalue weighted by atomic mass is 9.74. The van der Waals surface area contributed by atoms with Crippen molar-refractivity contribution in [2.75, 3.05) is 17.3 Å². The Kier molecular flexibility index (Phi) is 6.59. The molecule has 3 aromatic rings. The summed E-state index contributed by atoms with van der Waals surface area (Å²) in [5.74, 6) is -2.15. The summed E-state index contributed by atoms with van der Waals surface area (Å²) in [6, 6.07) is 25.3. The van der Waals surface area contributed by atoms with Crippen LogP contribution in [0, 0.1) is 5.92 Å². The van der Waals surface area contributed by atoms with E-state index in [-0.39, 0.29) is 17.6 Å². The summed E-state index contributed by atoms with van der Waals surface area (Å²) >= 11 is 0. The summed E-state index contributed by atoms with van der Waals surface area (Å²) in [6.07, 6.45) is 0. The molecule has 0 aliphatic carbocycles. The predicted molar refractivity (Wildman–Crippen MR) is 132 cm³/mol. The number of carbonyl (C=O) groups is 3. The molecule has 172 valence electrons. The molecule has 2 amide bonds. The molecule has 3 aromatic carbocycles. The number of carbonyl (C=O) groups excluding carboxylic acids is 3. The van der Waals surface area contributed by atoms with Crippen LogP contribution in [-0.4, -0.2) is 24.7 Å². The van der Waals surface area contributed by atoms with Crippen LogP contribution in [0.2, 0.25) is 0 Å². The lowest BCUT2D eigenvalue weighted by molar-refractivity contribution is -0.132. The summed E-state index contributed by atoms with van der Waals surface area (Å²) in [4.78, 5) is 41.8. The number of benzene rings is 3. The minimum absolute atomic E-state index is 0.302. The van der Waals surface area contributed by atoms with Gasteiger partial charge in [0, 0.05) is 28.6 Å². The van der Waals surface area contributed by atoms with Crippen LogP contribution in [0.1, 0.15) is 25.3 Å². The molecule has 2 atom stereocenters. The van der Waals surface area contributed by atoms with E-state index in [9.17, 15) is 14.4 Å². The molecule has 34 heavy (non-hydrogen) atoms. The topological polar surface area (TPSA) is 75.7 Å². The number of hydrogen-bond acceptors (Lipinski definition) is 4. The molecule has 0 saturated heterocycles. The molecule has 1 aliphatic heterocycles. The summed E-state index contributed by atoms with van der Waals surface area (Å²) < 4.78 is 5.27. The molecule has 0 radical (unpaired) electrons. The fourth-order valence-electron chi connectivity index (χ4n) is 4.46. The van der Waals surface area contributed by atoms with Crippen molar-refractivity contribution in [2.45, 2.75) is 19.8 Å². The SMILES string of the molecule is COc1ccc([C@H]2C(C(=O)Nc3ccccc3)=C(C)N(c3ccccc3)C(=O)[C@@H]2C(C)=O)cc1. The number of ketones is 1. The Balaban J connectivity index is 1.91. The van der Waals surface area contributed by atoms with E-state index >= 15 is 0 Å². The minimum atomic E-state index is -1.05. The van der Waals surface area contributed by atoms with Gasteiger partial charge < -0.3 is 10.1 Å². The van der Waals surface area contributed by atoms with E-state index in [1.165, 1.54) is 11.8 Å². The van der Waals surface area contributed by atoms with Crippen LogP contribution in [0.25, 0.3) is 0 Å². The van der Waals surface area contributed by atoms with Crippen LogP contribution in [0.4, 0.5) is 11.4 Å². The van der Waals surface area contributed by atoms with Gasteiger partial charge in [0.2, 0.25) is 5.91 Å². The van der Waals surface area contributed by atoms with Crippen molar-refractivity contribution in [2.24, 2.45) is 5.92 Å². The normalized spacial score (nSPS) is 18.0. The minimum Gasteiger partial charge on any atom is -0.497 e. The lowest BCUT2D eigenvalue weighted by Gasteiger charge is -2.39.